The monoisotopic (exact) mass is 285 g/mol. The molecule has 0 atom stereocenters. The first-order valence-electron chi connectivity index (χ1n) is 5.96. The Morgan fingerprint density at radius 2 is 2.21 bits per heavy atom. The largest absolute Gasteiger partial charge is 0.497 e. The molecule has 0 amide bonds. The van der Waals surface area contributed by atoms with E-state index >= 15 is 0 Å². The van der Waals surface area contributed by atoms with E-state index in [0.717, 1.165) is 11.4 Å². The van der Waals surface area contributed by atoms with E-state index in [2.05, 4.69) is 10.5 Å². The minimum absolute atomic E-state index is 0.214. The average Bonchev–Trinajstić information content (AvgIpc) is 2.39. The number of halogens is 1. The fourth-order valence-electron chi connectivity index (χ4n) is 1.54. The Hall–Kier alpha value is -1.62. The number of oxime groups is 1. The highest BCUT2D eigenvalue weighted by Crippen LogP contribution is 2.27. The molecule has 0 saturated heterocycles. The van der Waals surface area contributed by atoms with Gasteiger partial charge < -0.3 is 21.0 Å². The summed E-state index contributed by atoms with van der Waals surface area (Å²) >= 11 is 6.09. The zero-order chi connectivity index (χ0) is 14.5. The van der Waals surface area contributed by atoms with Crippen LogP contribution in [0.5, 0.6) is 5.75 Å². The molecular weight excluding hydrogens is 266 g/mol. The molecule has 0 unspecified atom stereocenters. The van der Waals surface area contributed by atoms with Gasteiger partial charge in [-0.25, -0.2) is 0 Å². The molecule has 4 N–H and O–H groups in total. The lowest BCUT2D eigenvalue weighted by atomic mass is 9.88. The third kappa shape index (κ3) is 4.21. The second-order valence-electron chi connectivity index (χ2n) is 4.89. The Labute approximate surface area is 118 Å². The second kappa shape index (κ2) is 6.52. The Morgan fingerprint density at radius 3 is 2.79 bits per heavy atom. The lowest BCUT2D eigenvalue weighted by molar-refractivity contribution is 0.306. The molecule has 106 valence electrons. The fraction of sp³-hybridized carbons (Fsp3) is 0.462. The van der Waals surface area contributed by atoms with E-state index in [0.29, 0.717) is 18.0 Å². The minimum Gasteiger partial charge on any atom is -0.497 e. The van der Waals surface area contributed by atoms with Crippen molar-refractivity contribution in [1.29, 1.82) is 0 Å². The van der Waals surface area contributed by atoms with Crippen LogP contribution in [0.2, 0.25) is 5.02 Å². The van der Waals surface area contributed by atoms with E-state index in [4.69, 9.17) is 27.3 Å². The Kier molecular flexibility index (Phi) is 5.30. The summed E-state index contributed by atoms with van der Waals surface area (Å²) in [4.78, 5) is 0. The van der Waals surface area contributed by atoms with Crippen molar-refractivity contribution in [3.8, 4) is 5.75 Å². The maximum Gasteiger partial charge on any atom is 0.144 e. The molecule has 0 fully saturated rings. The van der Waals surface area contributed by atoms with Gasteiger partial charge >= 0.3 is 0 Å². The van der Waals surface area contributed by atoms with E-state index < -0.39 is 0 Å². The van der Waals surface area contributed by atoms with Gasteiger partial charge in [0.1, 0.15) is 11.6 Å². The summed E-state index contributed by atoms with van der Waals surface area (Å²) in [6, 6.07) is 5.41. The lowest BCUT2D eigenvalue weighted by Crippen LogP contribution is -2.33. The number of nitrogens with zero attached hydrogens (tertiary/aromatic N) is 1. The van der Waals surface area contributed by atoms with Crippen molar-refractivity contribution in [2.45, 2.75) is 20.3 Å². The van der Waals surface area contributed by atoms with Crippen molar-refractivity contribution in [2.75, 3.05) is 19.0 Å². The van der Waals surface area contributed by atoms with Crippen LogP contribution in [0.15, 0.2) is 23.4 Å². The Bertz CT molecular complexity index is 461. The lowest BCUT2D eigenvalue weighted by Gasteiger charge is -2.23. The summed E-state index contributed by atoms with van der Waals surface area (Å²) in [6.45, 7) is 4.48. The van der Waals surface area contributed by atoms with Crippen molar-refractivity contribution in [3.63, 3.8) is 0 Å². The first kappa shape index (κ1) is 15.4. The van der Waals surface area contributed by atoms with Crippen molar-refractivity contribution in [3.05, 3.63) is 23.2 Å². The van der Waals surface area contributed by atoms with Gasteiger partial charge in [0.25, 0.3) is 0 Å². The van der Waals surface area contributed by atoms with Gasteiger partial charge in [-0.2, -0.15) is 0 Å². The summed E-state index contributed by atoms with van der Waals surface area (Å²) in [5.41, 5.74) is 6.05. The molecule has 0 radical (unpaired) electrons. The minimum atomic E-state index is -0.382. The van der Waals surface area contributed by atoms with Crippen LogP contribution < -0.4 is 15.8 Å². The van der Waals surface area contributed by atoms with Gasteiger partial charge in [0.2, 0.25) is 0 Å². The van der Waals surface area contributed by atoms with Gasteiger partial charge in [-0.05, 0) is 18.6 Å². The highest BCUT2D eigenvalue weighted by Gasteiger charge is 2.23. The first-order chi connectivity index (χ1) is 8.90. The number of amidine groups is 1. The number of nitrogens with two attached hydrogens (primary N) is 1. The molecule has 0 aliphatic carbocycles. The van der Waals surface area contributed by atoms with Gasteiger partial charge in [0.15, 0.2) is 0 Å². The van der Waals surface area contributed by atoms with E-state index in [1.807, 2.05) is 19.9 Å². The molecule has 1 aromatic carbocycles. The van der Waals surface area contributed by atoms with Crippen LogP contribution in [0.3, 0.4) is 0 Å². The fourth-order valence-corrected chi connectivity index (χ4v) is 1.72. The SMILES string of the molecule is COc1ccc(Cl)c(NCCC(C)(C)C(N)=NO)c1. The number of methoxy groups -OCH3 is 1. The van der Waals surface area contributed by atoms with Crippen LogP contribution in [0.25, 0.3) is 0 Å². The van der Waals surface area contributed by atoms with E-state index in [1.165, 1.54) is 0 Å². The van der Waals surface area contributed by atoms with Crippen LogP contribution >= 0.6 is 11.6 Å². The molecule has 6 heteroatoms. The Balaban J connectivity index is 2.63. The van der Waals surface area contributed by atoms with Crippen LogP contribution in [0.4, 0.5) is 5.69 Å². The van der Waals surface area contributed by atoms with Crippen LogP contribution in [-0.2, 0) is 0 Å². The summed E-state index contributed by atoms with van der Waals surface area (Å²) in [6.07, 6.45) is 0.705. The van der Waals surface area contributed by atoms with Gasteiger partial charge in [0, 0.05) is 18.0 Å². The summed E-state index contributed by atoms with van der Waals surface area (Å²) in [7, 11) is 1.61. The highest BCUT2D eigenvalue weighted by molar-refractivity contribution is 6.33. The van der Waals surface area contributed by atoms with Crippen molar-refractivity contribution in [2.24, 2.45) is 16.3 Å². The van der Waals surface area contributed by atoms with Gasteiger partial charge in [-0.3, -0.25) is 0 Å². The van der Waals surface area contributed by atoms with E-state index in [9.17, 15) is 0 Å². The predicted octanol–water partition coefficient (Wildman–Crippen LogP) is 2.92. The molecule has 0 heterocycles. The maximum absolute atomic E-state index is 8.70. The van der Waals surface area contributed by atoms with Gasteiger partial charge in [-0.1, -0.05) is 30.6 Å². The average molecular weight is 286 g/mol. The zero-order valence-corrected chi connectivity index (χ0v) is 12.2. The number of hydrogen-bond acceptors (Lipinski definition) is 4. The number of hydrogen-bond donors (Lipinski definition) is 3. The second-order valence-corrected chi connectivity index (χ2v) is 5.30. The Morgan fingerprint density at radius 1 is 1.53 bits per heavy atom. The molecule has 0 spiro atoms. The molecular formula is C13H20ClN3O2. The normalized spacial score (nSPS) is 12.3. The standard InChI is InChI=1S/C13H20ClN3O2/c1-13(2,12(15)17-18)6-7-16-11-8-9(19-3)4-5-10(11)14/h4-5,8,16,18H,6-7H2,1-3H3,(H2,15,17). The smallest absolute Gasteiger partial charge is 0.144 e. The van der Waals surface area contributed by atoms with Crippen molar-refractivity contribution >= 4 is 23.1 Å². The molecule has 0 aromatic heterocycles. The molecule has 0 saturated carbocycles. The third-order valence-electron chi connectivity index (χ3n) is 3.04. The van der Waals surface area contributed by atoms with Gasteiger partial charge in [-0.15, -0.1) is 0 Å². The summed E-state index contributed by atoms with van der Waals surface area (Å²) < 4.78 is 5.14. The van der Waals surface area contributed by atoms with E-state index in [1.54, 1.807) is 19.2 Å². The molecule has 5 nitrogen and oxygen atoms in total. The topological polar surface area (TPSA) is 79.9 Å². The maximum atomic E-state index is 8.70. The zero-order valence-electron chi connectivity index (χ0n) is 11.4. The number of nitrogens with one attached hydrogen (secondary N) is 1. The van der Waals surface area contributed by atoms with Crippen LogP contribution in [0, 0.1) is 5.41 Å². The number of anilines is 1. The number of rotatable bonds is 6. The van der Waals surface area contributed by atoms with E-state index in [-0.39, 0.29) is 11.3 Å². The van der Waals surface area contributed by atoms with Gasteiger partial charge in [0.05, 0.1) is 17.8 Å². The number of ether oxygens (including phenoxy) is 1. The van der Waals surface area contributed by atoms with Crippen LogP contribution in [-0.4, -0.2) is 24.7 Å². The molecule has 0 aliphatic rings. The van der Waals surface area contributed by atoms with Crippen LogP contribution in [0.1, 0.15) is 20.3 Å². The third-order valence-corrected chi connectivity index (χ3v) is 3.37. The molecule has 1 aromatic rings. The molecule has 0 aliphatic heterocycles. The first-order valence-corrected chi connectivity index (χ1v) is 6.34. The predicted molar refractivity (Wildman–Crippen MR) is 78.3 cm³/mol. The molecule has 1 rings (SSSR count). The quantitative estimate of drug-likeness (QED) is 0.325. The highest BCUT2D eigenvalue weighted by atomic mass is 35.5. The summed E-state index contributed by atoms with van der Waals surface area (Å²) in [5.74, 6) is 0.952. The van der Waals surface area contributed by atoms with Crippen molar-refractivity contribution in [1.82, 2.24) is 0 Å². The molecule has 19 heavy (non-hydrogen) atoms. The summed E-state index contributed by atoms with van der Waals surface area (Å²) in [5, 5.41) is 15.6. The number of benzene rings is 1. The molecule has 0 bridgehead atoms. The van der Waals surface area contributed by atoms with Crippen molar-refractivity contribution < 1.29 is 9.94 Å².